The minimum Gasteiger partial charge on any atom is -0.456 e. The third-order valence-electron chi connectivity index (χ3n) is 4.32. The van der Waals surface area contributed by atoms with Gasteiger partial charge >= 0.3 is 5.97 Å². The molecule has 1 N–H and O–H groups in total. The molecule has 0 amide bonds. The lowest BCUT2D eigenvalue weighted by molar-refractivity contribution is -0.148. The van der Waals surface area contributed by atoms with Crippen LogP contribution in [0.3, 0.4) is 0 Å². The monoisotopic (exact) mass is 400 g/mol. The Labute approximate surface area is 163 Å². The van der Waals surface area contributed by atoms with Crippen molar-refractivity contribution in [1.82, 2.24) is 0 Å². The zero-order valence-corrected chi connectivity index (χ0v) is 17.3. The summed E-state index contributed by atoms with van der Waals surface area (Å²) in [5.74, 6) is -1.78. The van der Waals surface area contributed by atoms with Crippen molar-refractivity contribution in [2.45, 2.75) is 90.6 Å². The molecule has 0 bridgehead atoms. The third-order valence-corrected chi connectivity index (χ3v) is 4.95. The third kappa shape index (κ3) is 11.0. The zero-order chi connectivity index (χ0) is 20.1. The van der Waals surface area contributed by atoms with Crippen LogP contribution in [-0.2, 0) is 24.4 Å². The van der Waals surface area contributed by atoms with Gasteiger partial charge in [0.25, 0.3) is 15.9 Å². The van der Waals surface area contributed by atoms with E-state index in [2.05, 4.69) is 25.3 Å². The number of esters is 1. The molecule has 0 radical (unpaired) electrons. The van der Waals surface area contributed by atoms with Gasteiger partial charge in [0.2, 0.25) is 0 Å². The number of unbranched alkanes of at least 4 members (excludes halogenated alkanes) is 7. The van der Waals surface area contributed by atoms with Gasteiger partial charge in [-0.25, -0.2) is 4.79 Å². The molecule has 1 atom stereocenters. The number of carbonyl (C=O) groups is 1. The van der Waals surface area contributed by atoms with E-state index in [1.165, 1.54) is 19.3 Å². The Hall–Kier alpha value is -1.52. The molecule has 27 heavy (non-hydrogen) atoms. The Morgan fingerprint density at radius 2 is 1.56 bits per heavy atom. The van der Waals surface area contributed by atoms with Crippen molar-refractivity contribution < 1.29 is 27.2 Å². The summed E-state index contributed by atoms with van der Waals surface area (Å²) in [6.07, 6.45) is 11.6. The molecule has 7 heteroatoms. The minimum absolute atomic E-state index is 0.163. The highest BCUT2D eigenvalue weighted by molar-refractivity contribution is 7.85. The predicted octanol–water partition coefficient (Wildman–Crippen LogP) is 4.67. The molecule has 0 spiro atoms. The first-order valence-corrected chi connectivity index (χ1v) is 11.6. The van der Waals surface area contributed by atoms with Crippen molar-refractivity contribution in [3.05, 3.63) is 23.0 Å². The molecule has 0 fully saturated rings. The summed E-state index contributed by atoms with van der Waals surface area (Å²) in [6, 6.07) is 0. The molecule has 1 aliphatic heterocycles. The van der Waals surface area contributed by atoms with E-state index in [4.69, 9.17) is 14.0 Å². The summed E-state index contributed by atoms with van der Waals surface area (Å²) < 4.78 is 41.2. The van der Waals surface area contributed by atoms with E-state index in [9.17, 15) is 13.2 Å². The van der Waals surface area contributed by atoms with Crippen molar-refractivity contribution in [2.24, 2.45) is 0 Å². The summed E-state index contributed by atoms with van der Waals surface area (Å²) >= 11 is 0. The molecular weight excluding hydrogens is 368 g/mol. The minimum atomic E-state index is -4.25. The maximum atomic E-state index is 12.3. The molecule has 6 nitrogen and oxygen atoms in total. The second-order valence-corrected chi connectivity index (χ2v) is 8.36. The van der Waals surface area contributed by atoms with Crippen LogP contribution in [0, 0.1) is 0 Å². The van der Waals surface area contributed by atoms with E-state index in [1.54, 1.807) is 0 Å². The maximum Gasteiger partial charge on any atom is 0.383 e. The second-order valence-electron chi connectivity index (χ2n) is 6.91. The van der Waals surface area contributed by atoms with Gasteiger partial charge in [0.15, 0.2) is 5.76 Å². The number of hydrogen-bond donors (Lipinski definition) is 1. The highest BCUT2D eigenvalue weighted by Crippen LogP contribution is 2.19. The topological polar surface area (TPSA) is 89.9 Å². The van der Waals surface area contributed by atoms with Crippen LogP contribution >= 0.6 is 0 Å². The number of ether oxygens (including phenoxy) is 2. The summed E-state index contributed by atoms with van der Waals surface area (Å²) in [7, 11) is -4.25. The molecular formula is C20H32O6S. The van der Waals surface area contributed by atoms with Gasteiger partial charge in [0, 0.05) is 0 Å². The first kappa shape index (κ1) is 23.5. The smallest absolute Gasteiger partial charge is 0.383 e. The standard InChI is InChI=1S/C20H32O6S/c1-3-5-7-9-11-13-17(12-10-8-6-4-2)26-20(21)19-15-14-18(25-19)16-27(22,23)24/h17H,3-13,16H2,1-2H3,(H,22,23,24). The van der Waals surface area contributed by atoms with E-state index in [1.807, 2.05) is 0 Å². The molecule has 1 unspecified atom stereocenters. The normalized spacial score (nSPS) is 14.5. The van der Waals surface area contributed by atoms with Crippen LogP contribution in [0.25, 0.3) is 0 Å². The van der Waals surface area contributed by atoms with E-state index < -0.39 is 21.8 Å². The van der Waals surface area contributed by atoms with Gasteiger partial charge in [0.1, 0.15) is 11.9 Å². The Kier molecular flexibility index (Phi) is 11.1. The van der Waals surface area contributed by atoms with Gasteiger partial charge in [-0.05, 0) is 37.1 Å². The molecule has 1 rings (SSSR count). The van der Waals surface area contributed by atoms with Crippen molar-refractivity contribution >= 4 is 16.1 Å². The molecule has 0 aromatic carbocycles. The van der Waals surface area contributed by atoms with E-state index in [0.29, 0.717) is 0 Å². The van der Waals surface area contributed by atoms with Crippen LogP contribution < -0.4 is 0 Å². The Morgan fingerprint density at radius 3 is 2.11 bits per heavy atom. The number of rotatable bonds is 15. The largest absolute Gasteiger partial charge is 0.456 e. The first-order chi connectivity index (χ1) is 12.9. The summed E-state index contributed by atoms with van der Waals surface area (Å²) in [4.78, 5) is 12.3. The number of hydrogen-bond acceptors (Lipinski definition) is 5. The Balaban J connectivity index is 2.54. The predicted molar refractivity (Wildman–Crippen MR) is 104 cm³/mol. The highest BCUT2D eigenvalue weighted by Gasteiger charge is 2.24. The van der Waals surface area contributed by atoms with Gasteiger partial charge < -0.3 is 9.47 Å². The summed E-state index contributed by atoms with van der Waals surface area (Å²) in [5, 5.41) is 0. The highest BCUT2D eigenvalue weighted by atomic mass is 32.2. The van der Waals surface area contributed by atoms with E-state index >= 15 is 0 Å². The van der Waals surface area contributed by atoms with Crippen molar-refractivity contribution in [1.29, 1.82) is 0 Å². The van der Waals surface area contributed by atoms with Crippen molar-refractivity contribution in [3.63, 3.8) is 0 Å². The molecule has 154 valence electrons. The fraction of sp³-hybridized carbons (Fsp3) is 0.750. The van der Waals surface area contributed by atoms with Crippen molar-refractivity contribution in [3.8, 4) is 0 Å². The fourth-order valence-electron chi connectivity index (χ4n) is 2.87. The van der Waals surface area contributed by atoms with Crippen molar-refractivity contribution in [2.75, 3.05) is 5.75 Å². The maximum absolute atomic E-state index is 12.3. The first-order valence-electron chi connectivity index (χ1n) is 9.94. The fourth-order valence-corrected chi connectivity index (χ4v) is 3.33. The van der Waals surface area contributed by atoms with Crippen LogP contribution in [0.1, 0.15) is 84.5 Å². The molecule has 1 heterocycles. The molecule has 0 aromatic heterocycles. The zero-order valence-electron chi connectivity index (χ0n) is 16.5. The van der Waals surface area contributed by atoms with E-state index in [-0.39, 0.29) is 17.6 Å². The van der Waals surface area contributed by atoms with Gasteiger partial charge in [0.05, 0.1) is 0 Å². The quantitative estimate of drug-likeness (QED) is 0.186. The van der Waals surface area contributed by atoms with Gasteiger partial charge in [-0.15, -0.1) is 0 Å². The number of carbonyl (C=O) groups excluding carboxylic acids is 1. The Morgan fingerprint density at radius 1 is 1.00 bits per heavy atom. The molecule has 0 aromatic rings. The van der Waals surface area contributed by atoms with Gasteiger partial charge in [-0.1, -0.05) is 58.8 Å². The lowest BCUT2D eigenvalue weighted by atomic mass is 10.0. The molecule has 1 aliphatic rings. The SMILES string of the molecule is CCCCCCCC(CCCCCC)OC(=O)C1=C=C=C(CS(=O)(=O)O)O1. The van der Waals surface area contributed by atoms with Gasteiger partial charge in [-0.2, -0.15) is 8.42 Å². The molecule has 0 saturated carbocycles. The summed E-state index contributed by atoms with van der Waals surface area (Å²) in [6.45, 7) is 4.32. The summed E-state index contributed by atoms with van der Waals surface area (Å²) in [5.41, 5.74) is 4.86. The lowest BCUT2D eigenvalue weighted by Gasteiger charge is -2.18. The van der Waals surface area contributed by atoms with Crippen LogP contribution in [0.4, 0.5) is 0 Å². The lowest BCUT2D eigenvalue weighted by Crippen LogP contribution is -2.20. The van der Waals surface area contributed by atoms with Crippen LogP contribution in [0.15, 0.2) is 23.0 Å². The van der Waals surface area contributed by atoms with Crippen LogP contribution in [0.5, 0.6) is 0 Å². The van der Waals surface area contributed by atoms with Gasteiger partial charge in [-0.3, -0.25) is 4.55 Å². The average Bonchev–Trinajstić information content (AvgIpc) is 3.04. The van der Waals surface area contributed by atoms with E-state index in [0.717, 1.165) is 51.4 Å². The molecule has 0 saturated heterocycles. The molecule has 0 aliphatic carbocycles. The second kappa shape index (κ2) is 12.8. The van der Waals surface area contributed by atoms with Crippen LogP contribution in [0.2, 0.25) is 0 Å². The Bertz CT molecular complexity index is 667. The van der Waals surface area contributed by atoms with Crippen LogP contribution in [-0.4, -0.2) is 30.8 Å². The average molecular weight is 401 g/mol.